The second kappa shape index (κ2) is 8.66. The van der Waals surface area contributed by atoms with E-state index in [9.17, 15) is 13.2 Å². The van der Waals surface area contributed by atoms with Gasteiger partial charge in [-0.3, -0.25) is 0 Å². The van der Waals surface area contributed by atoms with E-state index < -0.39 is 16.0 Å². The molecule has 0 radical (unpaired) electrons. The highest BCUT2D eigenvalue weighted by molar-refractivity contribution is 14.1. The Morgan fingerprint density at radius 1 is 1.18 bits per heavy atom. The van der Waals surface area contributed by atoms with E-state index in [0.29, 0.717) is 5.75 Å². The number of carbonyl (C=O) groups excluding carboxylic acids is 1. The summed E-state index contributed by atoms with van der Waals surface area (Å²) in [6.07, 6.45) is -0.461. The van der Waals surface area contributed by atoms with E-state index in [1.165, 1.54) is 22.5 Å². The highest BCUT2D eigenvalue weighted by atomic mass is 127. The second-order valence-electron chi connectivity index (χ2n) is 6.57. The van der Waals surface area contributed by atoms with Crippen molar-refractivity contribution in [1.82, 2.24) is 4.31 Å². The molecule has 0 aromatic heterocycles. The van der Waals surface area contributed by atoms with Crippen LogP contribution >= 0.6 is 34.2 Å². The van der Waals surface area contributed by atoms with Crippen molar-refractivity contribution in [3.8, 4) is 5.75 Å². The molecule has 1 fully saturated rings. The number of nitrogens with zero attached hydrogens (tertiary/aromatic N) is 1. The molecule has 0 bridgehead atoms. The van der Waals surface area contributed by atoms with Crippen LogP contribution < -0.4 is 4.74 Å². The van der Waals surface area contributed by atoms with Gasteiger partial charge in [0, 0.05) is 16.7 Å². The lowest BCUT2D eigenvalue weighted by molar-refractivity contribution is -0.0440. The number of carbonyl (C=O) groups is 1. The molecular formula is C19H19ClINO5S. The molecule has 150 valence electrons. The van der Waals surface area contributed by atoms with Crippen LogP contribution in [0.5, 0.6) is 5.75 Å². The third-order valence-electron chi connectivity index (χ3n) is 4.18. The van der Waals surface area contributed by atoms with Gasteiger partial charge < -0.3 is 9.47 Å². The Morgan fingerprint density at radius 3 is 2.50 bits per heavy atom. The molecule has 28 heavy (non-hydrogen) atoms. The van der Waals surface area contributed by atoms with E-state index in [0.717, 1.165) is 3.57 Å². The average molecular weight is 536 g/mol. The number of esters is 1. The van der Waals surface area contributed by atoms with Crippen molar-refractivity contribution in [1.29, 1.82) is 0 Å². The van der Waals surface area contributed by atoms with E-state index in [1.807, 2.05) is 19.9 Å². The lowest BCUT2D eigenvalue weighted by atomic mass is 10.2. The second-order valence-corrected chi connectivity index (χ2v) is 10.1. The Balaban J connectivity index is 1.89. The Hall–Kier alpha value is -1.20. The lowest BCUT2D eigenvalue weighted by Crippen LogP contribution is -2.48. The van der Waals surface area contributed by atoms with Crippen LogP contribution in [-0.2, 0) is 14.8 Å². The summed E-state index contributed by atoms with van der Waals surface area (Å²) in [6, 6.07) is 11.1. The summed E-state index contributed by atoms with van der Waals surface area (Å²) < 4.78 is 39.4. The van der Waals surface area contributed by atoms with Crippen LogP contribution in [0.25, 0.3) is 0 Å². The zero-order chi connectivity index (χ0) is 20.5. The molecule has 0 saturated carbocycles. The normalized spacial score (nSPS) is 20.7. The molecule has 0 N–H and O–H groups in total. The van der Waals surface area contributed by atoms with Gasteiger partial charge in [0.05, 0.1) is 22.8 Å². The molecule has 0 spiro atoms. The number of hydrogen-bond acceptors (Lipinski definition) is 5. The molecule has 2 aromatic rings. The van der Waals surface area contributed by atoms with Crippen LogP contribution in [0.3, 0.4) is 0 Å². The summed E-state index contributed by atoms with van der Waals surface area (Å²) in [7, 11) is -3.88. The van der Waals surface area contributed by atoms with Gasteiger partial charge in [-0.1, -0.05) is 17.7 Å². The smallest absolute Gasteiger partial charge is 0.343 e. The SMILES string of the molecule is CC1CN(S(=O)(=O)c2cc(C(=O)Oc3cccc(I)c3)ccc2Cl)CC(C)O1. The van der Waals surface area contributed by atoms with Gasteiger partial charge in [0.25, 0.3) is 0 Å². The number of morpholine rings is 1. The van der Waals surface area contributed by atoms with Crippen molar-refractivity contribution < 1.29 is 22.7 Å². The molecule has 1 aliphatic heterocycles. The summed E-state index contributed by atoms with van der Waals surface area (Å²) in [6.45, 7) is 4.07. The highest BCUT2D eigenvalue weighted by Gasteiger charge is 2.34. The fraction of sp³-hybridized carbons (Fsp3) is 0.316. The maximum Gasteiger partial charge on any atom is 0.343 e. The van der Waals surface area contributed by atoms with Gasteiger partial charge in [0.15, 0.2) is 0 Å². The molecule has 3 rings (SSSR count). The molecule has 0 amide bonds. The third-order valence-corrected chi connectivity index (χ3v) is 7.16. The number of ether oxygens (including phenoxy) is 2. The van der Waals surface area contributed by atoms with Gasteiger partial charge in [0.2, 0.25) is 10.0 Å². The first-order chi connectivity index (χ1) is 13.2. The summed E-state index contributed by atoms with van der Waals surface area (Å²) >= 11 is 8.28. The molecule has 2 unspecified atom stereocenters. The maximum absolute atomic E-state index is 13.1. The first-order valence-electron chi connectivity index (χ1n) is 8.59. The van der Waals surface area contributed by atoms with Crippen molar-refractivity contribution in [2.75, 3.05) is 13.1 Å². The minimum Gasteiger partial charge on any atom is -0.423 e. The van der Waals surface area contributed by atoms with Crippen LogP contribution in [0.2, 0.25) is 5.02 Å². The molecule has 1 aliphatic rings. The molecule has 6 nitrogen and oxygen atoms in total. The largest absolute Gasteiger partial charge is 0.423 e. The molecule has 2 atom stereocenters. The van der Waals surface area contributed by atoms with E-state index in [-0.39, 0.29) is 40.8 Å². The van der Waals surface area contributed by atoms with Gasteiger partial charge in [-0.25, -0.2) is 13.2 Å². The fourth-order valence-electron chi connectivity index (χ4n) is 2.99. The van der Waals surface area contributed by atoms with Gasteiger partial charge in [-0.15, -0.1) is 0 Å². The first-order valence-corrected chi connectivity index (χ1v) is 11.5. The maximum atomic E-state index is 13.1. The van der Waals surface area contributed by atoms with Crippen LogP contribution in [0.15, 0.2) is 47.4 Å². The number of rotatable bonds is 4. The fourth-order valence-corrected chi connectivity index (χ4v) is 5.60. The van der Waals surface area contributed by atoms with E-state index in [4.69, 9.17) is 21.1 Å². The zero-order valence-corrected chi connectivity index (χ0v) is 19.0. The van der Waals surface area contributed by atoms with Crippen molar-refractivity contribution >= 4 is 50.2 Å². The predicted molar refractivity (Wildman–Crippen MR) is 114 cm³/mol. The lowest BCUT2D eigenvalue weighted by Gasteiger charge is -2.34. The minimum atomic E-state index is -3.88. The summed E-state index contributed by atoms with van der Waals surface area (Å²) in [5.74, 6) is -0.272. The van der Waals surface area contributed by atoms with Crippen molar-refractivity contribution in [2.24, 2.45) is 0 Å². The Labute approximate surface area is 183 Å². The van der Waals surface area contributed by atoms with Gasteiger partial charge >= 0.3 is 5.97 Å². The number of benzene rings is 2. The van der Waals surface area contributed by atoms with Crippen molar-refractivity contribution in [3.63, 3.8) is 0 Å². The predicted octanol–water partition coefficient (Wildman–Crippen LogP) is 3.96. The Kier molecular flexibility index (Phi) is 6.65. The molecular weight excluding hydrogens is 517 g/mol. The average Bonchev–Trinajstić information content (AvgIpc) is 2.61. The summed E-state index contributed by atoms with van der Waals surface area (Å²) in [5, 5.41) is 0.0533. The Bertz CT molecular complexity index is 988. The highest BCUT2D eigenvalue weighted by Crippen LogP contribution is 2.28. The van der Waals surface area contributed by atoms with Crippen LogP contribution in [0.4, 0.5) is 0 Å². The standard InChI is InChI=1S/C19H19ClINO5S/c1-12-10-22(11-13(2)26-12)28(24,25)18-8-14(6-7-17(18)20)19(23)27-16-5-3-4-15(21)9-16/h3-9,12-13H,10-11H2,1-2H3. The number of sulfonamides is 1. The van der Waals surface area contributed by atoms with Crippen LogP contribution in [-0.4, -0.2) is 44.0 Å². The zero-order valence-electron chi connectivity index (χ0n) is 15.3. The van der Waals surface area contributed by atoms with Crippen LogP contribution in [0.1, 0.15) is 24.2 Å². The monoisotopic (exact) mass is 535 g/mol. The van der Waals surface area contributed by atoms with Crippen LogP contribution in [0, 0.1) is 3.57 Å². The van der Waals surface area contributed by atoms with Crippen molar-refractivity contribution in [3.05, 3.63) is 56.6 Å². The van der Waals surface area contributed by atoms with E-state index in [1.54, 1.807) is 18.2 Å². The number of halogens is 2. The molecule has 1 saturated heterocycles. The first kappa shape index (κ1) is 21.5. The molecule has 0 aliphatic carbocycles. The number of hydrogen-bond donors (Lipinski definition) is 0. The van der Waals surface area contributed by atoms with Gasteiger partial charge in [-0.2, -0.15) is 4.31 Å². The van der Waals surface area contributed by atoms with E-state index in [2.05, 4.69) is 22.6 Å². The van der Waals surface area contributed by atoms with Gasteiger partial charge in [-0.05, 0) is 72.8 Å². The van der Waals surface area contributed by atoms with Crippen molar-refractivity contribution in [2.45, 2.75) is 31.0 Å². The molecule has 2 aromatic carbocycles. The molecule has 9 heteroatoms. The third kappa shape index (κ3) is 4.85. The molecule has 1 heterocycles. The summed E-state index contributed by atoms with van der Waals surface area (Å²) in [5.41, 5.74) is 0.108. The Morgan fingerprint density at radius 2 is 1.86 bits per heavy atom. The quantitative estimate of drug-likeness (QED) is 0.337. The van der Waals surface area contributed by atoms with E-state index >= 15 is 0 Å². The minimum absolute atomic E-state index is 0.0533. The topological polar surface area (TPSA) is 72.9 Å². The summed E-state index contributed by atoms with van der Waals surface area (Å²) in [4.78, 5) is 12.4. The van der Waals surface area contributed by atoms with Gasteiger partial charge in [0.1, 0.15) is 10.6 Å².